The first kappa shape index (κ1) is 20.1. The Bertz CT molecular complexity index is 729. The molecule has 0 spiro atoms. The number of rotatable bonds is 6. The molecular weight excluding hydrogens is 348 g/mol. The second-order valence-electron chi connectivity index (χ2n) is 8.05. The Balaban J connectivity index is 1.43. The molecule has 0 bridgehead atoms. The number of nitrogens with one attached hydrogen (secondary N) is 2. The number of aryl methyl sites for hydroxylation is 2. The molecular formula is C24H30N2O2. The van der Waals surface area contributed by atoms with Gasteiger partial charge in [0.25, 0.3) is 11.8 Å². The molecule has 2 amide bonds. The van der Waals surface area contributed by atoms with E-state index < -0.39 is 0 Å². The van der Waals surface area contributed by atoms with E-state index >= 15 is 0 Å². The lowest BCUT2D eigenvalue weighted by atomic mass is 9.81. The van der Waals surface area contributed by atoms with E-state index in [1.807, 2.05) is 62.4 Å². The van der Waals surface area contributed by atoms with Gasteiger partial charge in [0.1, 0.15) is 0 Å². The maximum atomic E-state index is 12.3. The summed E-state index contributed by atoms with van der Waals surface area (Å²) < 4.78 is 0. The van der Waals surface area contributed by atoms with E-state index in [0.717, 1.165) is 36.8 Å². The largest absolute Gasteiger partial charge is 0.352 e. The molecule has 4 nitrogen and oxygen atoms in total. The van der Waals surface area contributed by atoms with Crippen molar-refractivity contribution in [2.75, 3.05) is 13.1 Å². The molecule has 0 heterocycles. The highest BCUT2D eigenvalue weighted by atomic mass is 16.2. The van der Waals surface area contributed by atoms with E-state index in [4.69, 9.17) is 0 Å². The molecule has 1 saturated carbocycles. The van der Waals surface area contributed by atoms with Gasteiger partial charge in [0, 0.05) is 24.2 Å². The smallest absolute Gasteiger partial charge is 0.251 e. The molecule has 2 aromatic rings. The monoisotopic (exact) mass is 378 g/mol. The Kier molecular flexibility index (Phi) is 6.85. The van der Waals surface area contributed by atoms with E-state index in [9.17, 15) is 9.59 Å². The minimum absolute atomic E-state index is 0.00482. The van der Waals surface area contributed by atoms with Gasteiger partial charge in [-0.2, -0.15) is 0 Å². The van der Waals surface area contributed by atoms with Crippen LogP contribution in [-0.4, -0.2) is 24.9 Å². The summed E-state index contributed by atoms with van der Waals surface area (Å²) in [7, 11) is 0. The van der Waals surface area contributed by atoms with Gasteiger partial charge in [-0.1, -0.05) is 41.8 Å². The van der Waals surface area contributed by atoms with Crippen molar-refractivity contribution in [3.05, 3.63) is 70.8 Å². The Morgan fingerprint density at radius 3 is 1.54 bits per heavy atom. The van der Waals surface area contributed by atoms with Crippen LogP contribution in [-0.2, 0) is 0 Å². The van der Waals surface area contributed by atoms with Crippen molar-refractivity contribution in [3.63, 3.8) is 0 Å². The van der Waals surface area contributed by atoms with E-state index in [-0.39, 0.29) is 11.8 Å². The first-order valence-corrected chi connectivity index (χ1v) is 10.2. The van der Waals surface area contributed by atoms with Gasteiger partial charge in [0.05, 0.1) is 0 Å². The lowest BCUT2D eigenvalue weighted by molar-refractivity contribution is 0.0935. The molecule has 1 aliphatic rings. The highest BCUT2D eigenvalue weighted by Crippen LogP contribution is 2.28. The van der Waals surface area contributed by atoms with Crippen LogP contribution in [0.2, 0.25) is 0 Å². The van der Waals surface area contributed by atoms with Crippen LogP contribution in [0.1, 0.15) is 57.5 Å². The lowest BCUT2D eigenvalue weighted by Gasteiger charge is -2.29. The molecule has 0 unspecified atom stereocenters. The van der Waals surface area contributed by atoms with Crippen molar-refractivity contribution < 1.29 is 9.59 Å². The van der Waals surface area contributed by atoms with Gasteiger partial charge in [-0.25, -0.2) is 0 Å². The fourth-order valence-electron chi connectivity index (χ4n) is 3.86. The van der Waals surface area contributed by atoms with Crippen LogP contribution in [0.3, 0.4) is 0 Å². The van der Waals surface area contributed by atoms with Gasteiger partial charge < -0.3 is 10.6 Å². The Hall–Kier alpha value is -2.62. The third-order valence-corrected chi connectivity index (χ3v) is 5.62. The average Bonchev–Trinajstić information content (AvgIpc) is 2.71. The summed E-state index contributed by atoms with van der Waals surface area (Å²) in [5.74, 6) is 0.943. The van der Waals surface area contributed by atoms with Gasteiger partial charge in [0.2, 0.25) is 0 Å². The zero-order valence-electron chi connectivity index (χ0n) is 16.8. The van der Waals surface area contributed by atoms with E-state index in [1.165, 1.54) is 0 Å². The summed E-state index contributed by atoms with van der Waals surface area (Å²) in [6, 6.07) is 15.3. The van der Waals surface area contributed by atoms with Gasteiger partial charge >= 0.3 is 0 Å². The second-order valence-corrected chi connectivity index (χ2v) is 8.05. The summed E-state index contributed by atoms with van der Waals surface area (Å²) in [5.41, 5.74) is 3.73. The van der Waals surface area contributed by atoms with Crippen molar-refractivity contribution in [2.24, 2.45) is 11.8 Å². The highest BCUT2D eigenvalue weighted by molar-refractivity contribution is 5.94. The van der Waals surface area contributed by atoms with Crippen molar-refractivity contribution in [1.29, 1.82) is 0 Å². The normalized spacial score (nSPS) is 19.1. The fourth-order valence-corrected chi connectivity index (χ4v) is 3.86. The molecule has 0 aliphatic heterocycles. The van der Waals surface area contributed by atoms with E-state index in [1.54, 1.807) is 0 Å². The third-order valence-electron chi connectivity index (χ3n) is 5.62. The quantitative estimate of drug-likeness (QED) is 0.789. The van der Waals surface area contributed by atoms with E-state index in [2.05, 4.69) is 10.6 Å². The summed E-state index contributed by atoms with van der Waals surface area (Å²) in [5, 5.41) is 6.16. The molecule has 0 aromatic heterocycles. The molecule has 148 valence electrons. The Morgan fingerprint density at radius 1 is 0.750 bits per heavy atom. The topological polar surface area (TPSA) is 58.2 Å². The summed E-state index contributed by atoms with van der Waals surface area (Å²) in [6.45, 7) is 5.44. The summed E-state index contributed by atoms with van der Waals surface area (Å²) >= 11 is 0. The highest BCUT2D eigenvalue weighted by Gasteiger charge is 2.23. The molecule has 28 heavy (non-hydrogen) atoms. The number of amides is 2. The zero-order chi connectivity index (χ0) is 19.9. The maximum Gasteiger partial charge on any atom is 0.251 e. The van der Waals surface area contributed by atoms with Crippen molar-refractivity contribution in [3.8, 4) is 0 Å². The molecule has 4 heteroatoms. The van der Waals surface area contributed by atoms with Gasteiger partial charge in [-0.15, -0.1) is 0 Å². The molecule has 1 aliphatic carbocycles. The summed E-state index contributed by atoms with van der Waals surface area (Å²) in [6.07, 6.45) is 4.46. The van der Waals surface area contributed by atoms with Crippen LogP contribution in [0.25, 0.3) is 0 Å². The van der Waals surface area contributed by atoms with Crippen LogP contribution in [0.4, 0.5) is 0 Å². The van der Waals surface area contributed by atoms with Crippen LogP contribution in [0.15, 0.2) is 48.5 Å². The molecule has 2 atom stereocenters. The molecule has 3 rings (SSSR count). The molecule has 0 radical (unpaired) electrons. The number of carbonyl (C=O) groups excluding carboxylic acids is 2. The molecule has 2 N–H and O–H groups in total. The van der Waals surface area contributed by atoms with Crippen molar-refractivity contribution in [2.45, 2.75) is 39.5 Å². The fraction of sp³-hybridized carbons (Fsp3) is 0.417. The number of benzene rings is 2. The van der Waals surface area contributed by atoms with Crippen LogP contribution in [0.5, 0.6) is 0 Å². The molecule has 0 saturated heterocycles. The van der Waals surface area contributed by atoms with Crippen LogP contribution >= 0.6 is 0 Å². The predicted octanol–water partition coefficient (Wildman–Crippen LogP) is 4.27. The van der Waals surface area contributed by atoms with Crippen LogP contribution < -0.4 is 10.6 Å². The van der Waals surface area contributed by atoms with Crippen molar-refractivity contribution >= 4 is 11.8 Å². The average molecular weight is 379 g/mol. The second kappa shape index (κ2) is 9.54. The summed E-state index contributed by atoms with van der Waals surface area (Å²) in [4.78, 5) is 24.6. The SMILES string of the molecule is Cc1ccc(C(=O)NC[C@@H]2CCC[C@@H](CNC(=O)c3ccc(C)cc3)C2)cc1. The first-order chi connectivity index (χ1) is 13.5. The Morgan fingerprint density at radius 2 is 1.14 bits per heavy atom. The molecule has 2 aromatic carbocycles. The van der Waals surface area contributed by atoms with Gasteiger partial charge in [0.15, 0.2) is 0 Å². The standard InChI is InChI=1S/C24H30N2O2/c1-17-6-10-21(11-7-17)23(27)25-15-19-4-3-5-20(14-19)16-26-24(28)22-12-8-18(2)9-13-22/h6-13,19-20H,3-5,14-16H2,1-2H3,(H,25,27)(H,26,28)/t19-,20-/m1/s1. The number of carbonyl (C=O) groups is 2. The first-order valence-electron chi connectivity index (χ1n) is 10.2. The number of hydrogen-bond donors (Lipinski definition) is 2. The Labute approximate surface area is 167 Å². The van der Waals surface area contributed by atoms with E-state index in [0.29, 0.717) is 36.1 Å². The predicted molar refractivity (Wildman–Crippen MR) is 112 cm³/mol. The minimum Gasteiger partial charge on any atom is -0.352 e. The van der Waals surface area contributed by atoms with Gasteiger partial charge in [-0.05, 0) is 69.2 Å². The number of hydrogen-bond acceptors (Lipinski definition) is 2. The van der Waals surface area contributed by atoms with Crippen LogP contribution in [0, 0.1) is 25.7 Å². The zero-order valence-corrected chi connectivity index (χ0v) is 16.8. The maximum absolute atomic E-state index is 12.3. The minimum atomic E-state index is -0.00482. The van der Waals surface area contributed by atoms with Crippen molar-refractivity contribution in [1.82, 2.24) is 10.6 Å². The third kappa shape index (κ3) is 5.69. The lowest BCUT2D eigenvalue weighted by Crippen LogP contribution is -2.35. The van der Waals surface area contributed by atoms with Gasteiger partial charge in [-0.3, -0.25) is 9.59 Å². The molecule has 1 fully saturated rings.